The van der Waals surface area contributed by atoms with Crippen LogP contribution >= 0.6 is 11.6 Å². The van der Waals surface area contributed by atoms with Gasteiger partial charge in [-0.25, -0.2) is 0 Å². The Hall–Kier alpha value is -1.02. The molecule has 0 bridgehead atoms. The molecule has 0 saturated heterocycles. The second kappa shape index (κ2) is 3.04. The van der Waals surface area contributed by atoms with Gasteiger partial charge in [0.15, 0.2) is 0 Å². The first-order valence-corrected chi connectivity index (χ1v) is 4.58. The van der Waals surface area contributed by atoms with Crippen LogP contribution in [0.15, 0.2) is 24.4 Å². The summed E-state index contributed by atoms with van der Waals surface area (Å²) in [6, 6.07) is 6.11. The lowest BCUT2D eigenvalue weighted by molar-refractivity contribution is 1.34. The summed E-state index contributed by atoms with van der Waals surface area (Å²) in [5.41, 5.74) is 3.20. The summed E-state index contributed by atoms with van der Waals surface area (Å²) >= 11 is 6.16. The zero-order chi connectivity index (χ0) is 9.42. The van der Waals surface area contributed by atoms with Gasteiger partial charge in [-0.05, 0) is 18.6 Å². The van der Waals surface area contributed by atoms with E-state index in [1.165, 1.54) is 5.46 Å². The third-order valence-electron chi connectivity index (χ3n) is 2.13. The monoisotopic (exact) mass is 189 g/mol. The summed E-state index contributed by atoms with van der Waals surface area (Å²) in [5.74, 6) is 0. The topological polar surface area (TPSA) is 12.9 Å². The average molecular weight is 189 g/mol. The van der Waals surface area contributed by atoms with Crippen LogP contribution in [0.1, 0.15) is 5.56 Å². The largest absolute Gasteiger partial charge is 0.256 e. The van der Waals surface area contributed by atoms with Crippen LogP contribution in [0.4, 0.5) is 0 Å². The highest BCUT2D eigenvalue weighted by atomic mass is 35.5. The van der Waals surface area contributed by atoms with Crippen LogP contribution < -0.4 is 5.46 Å². The minimum atomic E-state index is 0.814. The lowest BCUT2D eigenvalue weighted by Gasteiger charge is -2.03. The van der Waals surface area contributed by atoms with Crippen molar-refractivity contribution < 1.29 is 0 Å². The summed E-state index contributed by atoms with van der Waals surface area (Å²) in [5, 5.41) is 1.86. The van der Waals surface area contributed by atoms with E-state index < -0.39 is 0 Å². The predicted molar refractivity (Wildman–Crippen MR) is 59.7 cm³/mol. The van der Waals surface area contributed by atoms with Crippen LogP contribution in [0.25, 0.3) is 10.9 Å². The maximum atomic E-state index is 6.16. The molecule has 0 radical (unpaired) electrons. The first-order chi connectivity index (χ1) is 6.18. The van der Waals surface area contributed by atoms with Gasteiger partial charge < -0.3 is 0 Å². The molecule has 0 saturated carbocycles. The Morgan fingerprint density at radius 3 is 2.92 bits per heavy atom. The van der Waals surface area contributed by atoms with Crippen LogP contribution in [0.5, 0.6) is 0 Å². The van der Waals surface area contributed by atoms with Crippen LogP contribution in [-0.4, -0.2) is 12.8 Å². The van der Waals surface area contributed by atoms with E-state index in [1.807, 2.05) is 19.1 Å². The molecule has 13 heavy (non-hydrogen) atoms. The van der Waals surface area contributed by atoms with Crippen molar-refractivity contribution in [2.24, 2.45) is 0 Å². The average Bonchev–Trinajstić information content (AvgIpc) is 2.12. The standard InChI is InChI=1S/C10H9BClN/c1-6-5-13-9-3-2-7(11)4-8(9)10(6)12/h2-5H,11H2,1H3. The van der Waals surface area contributed by atoms with Crippen molar-refractivity contribution in [2.75, 3.05) is 0 Å². The summed E-state index contributed by atoms with van der Waals surface area (Å²) in [6.45, 7) is 1.97. The predicted octanol–water partition coefficient (Wildman–Crippen LogP) is 1.46. The molecule has 1 aromatic heterocycles. The van der Waals surface area contributed by atoms with E-state index >= 15 is 0 Å². The van der Waals surface area contributed by atoms with E-state index in [4.69, 9.17) is 11.6 Å². The minimum absolute atomic E-state index is 0.814. The van der Waals surface area contributed by atoms with Crippen molar-refractivity contribution in [2.45, 2.75) is 6.92 Å². The smallest absolute Gasteiger partial charge is 0.139 e. The Kier molecular flexibility index (Phi) is 2.00. The minimum Gasteiger partial charge on any atom is -0.256 e. The Morgan fingerprint density at radius 2 is 2.15 bits per heavy atom. The molecular formula is C10H9BClN. The molecule has 0 aliphatic heterocycles. The second-order valence-electron chi connectivity index (χ2n) is 3.28. The molecule has 0 aliphatic carbocycles. The van der Waals surface area contributed by atoms with Crippen LogP contribution in [0, 0.1) is 6.92 Å². The van der Waals surface area contributed by atoms with Crippen molar-refractivity contribution in [3.05, 3.63) is 35.0 Å². The summed E-state index contributed by atoms with van der Waals surface area (Å²) in [4.78, 5) is 4.30. The normalized spacial score (nSPS) is 10.6. The molecule has 1 nitrogen and oxygen atoms in total. The van der Waals surface area contributed by atoms with Gasteiger partial charge in [-0.3, -0.25) is 4.98 Å². The molecule has 1 aromatic carbocycles. The first-order valence-electron chi connectivity index (χ1n) is 4.20. The second-order valence-corrected chi connectivity index (χ2v) is 3.65. The summed E-state index contributed by atoms with van der Waals surface area (Å²) < 4.78 is 0. The van der Waals surface area contributed by atoms with E-state index in [0.717, 1.165) is 21.5 Å². The number of hydrogen-bond donors (Lipinski definition) is 0. The van der Waals surface area contributed by atoms with E-state index in [1.54, 1.807) is 6.20 Å². The third kappa shape index (κ3) is 1.42. The fourth-order valence-corrected chi connectivity index (χ4v) is 1.57. The Morgan fingerprint density at radius 1 is 1.38 bits per heavy atom. The van der Waals surface area contributed by atoms with Gasteiger partial charge in [-0.1, -0.05) is 29.2 Å². The number of nitrogens with zero attached hydrogens (tertiary/aromatic N) is 1. The highest BCUT2D eigenvalue weighted by molar-refractivity contribution is 6.38. The lowest BCUT2D eigenvalue weighted by atomic mass is 9.94. The molecule has 3 heteroatoms. The summed E-state index contributed by atoms with van der Waals surface area (Å²) in [6.07, 6.45) is 1.81. The number of hydrogen-bond acceptors (Lipinski definition) is 1. The molecule has 0 N–H and O–H groups in total. The van der Waals surface area contributed by atoms with Crippen molar-refractivity contribution in [1.29, 1.82) is 0 Å². The fraction of sp³-hybridized carbons (Fsp3) is 0.100. The van der Waals surface area contributed by atoms with Gasteiger partial charge in [-0.2, -0.15) is 0 Å². The van der Waals surface area contributed by atoms with Gasteiger partial charge in [0, 0.05) is 11.6 Å². The zero-order valence-corrected chi connectivity index (χ0v) is 8.39. The lowest BCUT2D eigenvalue weighted by Crippen LogP contribution is -2.00. The van der Waals surface area contributed by atoms with E-state index in [-0.39, 0.29) is 0 Å². The SMILES string of the molecule is Bc1ccc2ncc(C)c(Cl)c2c1. The highest BCUT2D eigenvalue weighted by Crippen LogP contribution is 2.23. The number of rotatable bonds is 0. The number of halogens is 1. The van der Waals surface area contributed by atoms with Crippen molar-refractivity contribution in [3.63, 3.8) is 0 Å². The van der Waals surface area contributed by atoms with E-state index in [2.05, 4.69) is 18.9 Å². The maximum absolute atomic E-state index is 6.16. The van der Waals surface area contributed by atoms with Gasteiger partial charge in [0.2, 0.25) is 0 Å². The summed E-state index contributed by atoms with van der Waals surface area (Å²) in [7, 11) is 2.05. The molecule has 0 fully saturated rings. The Bertz CT molecular complexity index is 462. The Balaban J connectivity index is 2.89. The number of benzene rings is 1. The van der Waals surface area contributed by atoms with Gasteiger partial charge in [0.25, 0.3) is 0 Å². The number of aryl methyl sites for hydroxylation is 1. The van der Waals surface area contributed by atoms with E-state index in [0.29, 0.717) is 0 Å². The molecule has 1 heterocycles. The van der Waals surface area contributed by atoms with E-state index in [9.17, 15) is 0 Å². The highest BCUT2D eigenvalue weighted by Gasteiger charge is 2.02. The van der Waals surface area contributed by atoms with Gasteiger partial charge in [0.05, 0.1) is 10.5 Å². The van der Waals surface area contributed by atoms with Gasteiger partial charge >= 0.3 is 0 Å². The molecular weight excluding hydrogens is 180 g/mol. The van der Waals surface area contributed by atoms with Crippen molar-refractivity contribution in [3.8, 4) is 0 Å². The number of aromatic nitrogens is 1. The quantitative estimate of drug-likeness (QED) is 0.572. The van der Waals surface area contributed by atoms with Crippen molar-refractivity contribution in [1.82, 2.24) is 4.98 Å². The molecule has 0 spiro atoms. The molecule has 0 unspecified atom stereocenters. The van der Waals surface area contributed by atoms with Crippen LogP contribution in [-0.2, 0) is 0 Å². The molecule has 64 valence electrons. The molecule has 0 atom stereocenters. The first kappa shape index (κ1) is 8.58. The van der Waals surface area contributed by atoms with Gasteiger partial charge in [-0.15, -0.1) is 0 Å². The van der Waals surface area contributed by atoms with Crippen molar-refractivity contribution >= 4 is 35.8 Å². The fourth-order valence-electron chi connectivity index (χ4n) is 1.37. The zero-order valence-electron chi connectivity index (χ0n) is 7.63. The molecule has 2 rings (SSSR count). The number of pyridine rings is 1. The maximum Gasteiger partial charge on any atom is 0.139 e. The Labute approximate surface area is 83.2 Å². The number of fused-ring (bicyclic) bond motifs is 1. The van der Waals surface area contributed by atoms with Gasteiger partial charge in [0.1, 0.15) is 7.85 Å². The molecule has 0 amide bonds. The molecule has 0 aliphatic rings. The third-order valence-corrected chi connectivity index (χ3v) is 2.63. The van der Waals surface area contributed by atoms with Crippen LogP contribution in [0.2, 0.25) is 5.02 Å². The van der Waals surface area contributed by atoms with Crippen LogP contribution in [0.3, 0.4) is 0 Å². The molecule has 2 aromatic rings.